The molecule has 0 saturated heterocycles. The van der Waals surface area contributed by atoms with Crippen molar-refractivity contribution in [2.24, 2.45) is 0 Å². The Balaban J connectivity index is 0.000000166. The SMILES string of the molecule is [2H]C(C)(C)c1ccnc(-c2[c-]cc3c(ccc4ccccc43)c2)c1.[Ir].[c-]1cc2c3ccccc3c3ccccc3c2cc1-c1cc(C2CCC(c3ccccc3)CC2)ccn1. The van der Waals surface area contributed by atoms with Crippen molar-refractivity contribution in [2.75, 3.05) is 0 Å². The normalized spacial score (nSPS) is 15.7. The van der Waals surface area contributed by atoms with Crippen LogP contribution < -0.4 is 0 Å². The van der Waals surface area contributed by atoms with E-state index >= 15 is 0 Å². The maximum Gasteiger partial charge on any atom is 0.0346 e. The van der Waals surface area contributed by atoms with Gasteiger partial charge in [-0.05, 0) is 94.0 Å². The largest absolute Gasteiger partial charge is 0.305 e. The molecule has 1 fully saturated rings. The van der Waals surface area contributed by atoms with Gasteiger partial charge in [-0.25, -0.2) is 0 Å². The minimum atomic E-state index is -0.634. The molecule has 0 bridgehead atoms. The summed E-state index contributed by atoms with van der Waals surface area (Å²) in [5.74, 6) is 0.669. The summed E-state index contributed by atoms with van der Waals surface area (Å²) in [6, 6.07) is 65.2. The average molecular weight is 952 g/mol. The molecule has 0 amide bonds. The van der Waals surface area contributed by atoms with Crippen LogP contribution in [0.4, 0.5) is 0 Å². The Labute approximate surface area is 368 Å². The summed E-state index contributed by atoms with van der Waals surface area (Å²) in [7, 11) is 0. The molecular weight excluding hydrogens is 905 g/mol. The summed E-state index contributed by atoms with van der Waals surface area (Å²) in [6.45, 7) is 3.78. The van der Waals surface area contributed by atoms with Crippen LogP contribution in [0.3, 0.4) is 0 Å². The van der Waals surface area contributed by atoms with Crippen molar-refractivity contribution in [3.8, 4) is 22.5 Å². The number of hydrogen-bond donors (Lipinski definition) is 0. The van der Waals surface area contributed by atoms with E-state index in [1.807, 2.05) is 38.2 Å². The van der Waals surface area contributed by atoms with E-state index in [2.05, 4.69) is 163 Å². The van der Waals surface area contributed by atoms with Gasteiger partial charge in [-0.15, -0.1) is 52.9 Å². The monoisotopic (exact) mass is 952 g/mol. The molecule has 0 aliphatic heterocycles. The average Bonchev–Trinajstić information content (AvgIpc) is 3.31. The molecule has 0 spiro atoms. The van der Waals surface area contributed by atoms with Gasteiger partial charge in [0.1, 0.15) is 0 Å². The summed E-state index contributed by atoms with van der Waals surface area (Å²) in [5, 5.41) is 12.6. The Morgan fingerprint density at radius 1 is 0.467 bits per heavy atom. The molecule has 10 aromatic rings. The summed E-state index contributed by atoms with van der Waals surface area (Å²) in [4.78, 5) is 9.26. The topological polar surface area (TPSA) is 25.8 Å². The number of nitrogens with zero attached hydrogens (tertiary/aromatic N) is 2. The Morgan fingerprint density at radius 2 is 0.983 bits per heavy atom. The molecule has 1 radical (unpaired) electrons. The molecule has 1 aliphatic carbocycles. The van der Waals surface area contributed by atoms with Crippen molar-refractivity contribution in [2.45, 2.75) is 57.3 Å². The molecule has 8 aromatic carbocycles. The van der Waals surface area contributed by atoms with Gasteiger partial charge in [-0.2, -0.15) is 0 Å². The van der Waals surface area contributed by atoms with Crippen LogP contribution in [0, 0.1) is 12.1 Å². The molecule has 0 atom stereocenters. The van der Waals surface area contributed by atoms with E-state index in [4.69, 9.17) is 6.35 Å². The van der Waals surface area contributed by atoms with Crippen LogP contribution in [0.1, 0.15) is 75.3 Å². The molecule has 1 aliphatic rings. The second kappa shape index (κ2) is 17.3. The van der Waals surface area contributed by atoms with Crippen LogP contribution in [-0.2, 0) is 20.1 Å². The van der Waals surface area contributed by atoms with Gasteiger partial charge in [-0.3, -0.25) is 0 Å². The fourth-order valence-corrected chi connectivity index (χ4v) is 9.31. The minimum Gasteiger partial charge on any atom is -0.305 e. The molecular formula is C57H46IrN2-2. The Hall–Kier alpha value is -5.99. The number of pyridine rings is 2. The number of fused-ring (bicyclic) bond motifs is 9. The minimum absolute atomic E-state index is 0. The van der Waals surface area contributed by atoms with Gasteiger partial charge in [-0.1, -0.05) is 179 Å². The first-order valence-electron chi connectivity index (χ1n) is 21.4. The van der Waals surface area contributed by atoms with E-state index < -0.39 is 5.89 Å². The van der Waals surface area contributed by atoms with Crippen LogP contribution in [0.2, 0.25) is 0 Å². The quantitative estimate of drug-likeness (QED) is 0.127. The van der Waals surface area contributed by atoms with Gasteiger partial charge < -0.3 is 9.97 Å². The van der Waals surface area contributed by atoms with E-state index in [-0.39, 0.29) is 20.1 Å². The van der Waals surface area contributed by atoms with E-state index in [9.17, 15) is 0 Å². The van der Waals surface area contributed by atoms with E-state index in [1.165, 1.54) is 90.7 Å². The second-order valence-electron chi connectivity index (χ2n) is 16.3. The van der Waals surface area contributed by atoms with Crippen molar-refractivity contribution < 1.29 is 21.5 Å². The number of benzene rings is 8. The molecule has 0 N–H and O–H groups in total. The molecule has 3 heteroatoms. The molecule has 1 saturated carbocycles. The first kappa shape index (κ1) is 38.2. The number of rotatable bonds is 5. The Kier molecular flexibility index (Phi) is 11.0. The third-order valence-corrected chi connectivity index (χ3v) is 12.5. The van der Waals surface area contributed by atoms with Crippen molar-refractivity contribution >= 4 is 53.9 Å². The van der Waals surface area contributed by atoms with Gasteiger partial charge in [0.2, 0.25) is 0 Å². The number of hydrogen-bond acceptors (Lipinski definition) is 2. The van der Waals surface area contributed by atoms with Crippen molar-refractivity contribution in [1.29, 1.82) is 0 Å². The fourth-order valence-electron chi connectivity index (χ4n) is 9.31. The zero-order valence-corrected chi connectivity index (χ0v) is 36.3. The van der Waals surface area contributed by atoms with E-state index in [0.29, 0.717) is 11.8 Å². The molecule has 2 heterocycles. The zero-order valence-electron chi connectivity index (χ0n) is 35.0. The zero-order chi connectivity index (χ0) is 40.6. The maximum absolute atomic E-state index is 8.22. The van der Waals surface area contributed by atoms with Crippen LogP contribution in [0.25, 0.3) is 76.4 Å². The van der Waals surface area contributed by atoms with Gasteiger partial charge in [0.25, 0.3) is 0 Å². The van der Waals surface area contributed by atoms with Crippen molar-refractivity contribution in [3.63, 3.8) is 0 Å². The van der Waals surface area contributed by atoms with Crippen molar-refractivity contribution in [3.05, 3.63) is 205 Å². The third-order valence-electron chi connectivity index (χ3n) is 12.5. The third kappa shape index (κ3) is 7.77. The van der Waals surface area contributed by atoms with Gasteiger partial charge in [0, 0.05) is 33.9 Å². The first-order chi connectivity index (χ1) is 29.4. The molecule has 60 heavy (non-hydrogen) atoms. The molecule has 2 nitrogen and oxygen atoms in total. The Bertz CT molecular complexity index is 3130. The van der Waals surface area contributed by atoms with Crippen LogP contribution in [0.15, 0.2) is 176 Å². The summed E-state index contributed by atoms with van der Waals surface area (Å²) < 4.78 is 8.22. The van der Waals surface area contributed by atoms with Gasteiger partial charge in [0.15, 0.2) is 0 Å². The van der Waals surface area contributed by atoms with E-state index in [1.54, 1.807) is 6.20 Å². The molecule has 295 valence electrons. The summed E-state index contributed by atoms with van der Waals surface area (Å²) >= 11 is 0. The number of aromatic nitrogens is 2. The predicted molar refractivity (Wildman–Crippen MR) is 249 cm³/mol. The van der Waals surface area contributed by atoms with Gasteiger partial charge >= 0.3 is 0 Å². The van der Waals surface area contributed by atoms with Crippen LogP contribution >= 0.6 is 0 Å². The Morgan fingerprint density at radius 3 is 1.67 bits per heavy atom. The maximum atomic E-state index is 8.22. The second-order valence-corrected chi connectivity index (χ2v) is 16.3. The molecule has 11 rings (SSSR count). The smallest absolute Gasteiger partial charge is 0.0346 e. The standard InChI is InChI=1S/C35H28N.C22H18N.Ir/c1-2-8-24(9-3-1)25-14-16-26(17-15-25)27-20-21-36-35(23-27)28-18-19-33-31-12-5-4-10-29(31)30-11-6-7-13-32(30)34(33)22-28;1-15(2)17-11-12-23-22(14-17)19-9-10-21-18(13-19)8-7-16-5-3-4-6-20(16)21;/h1-13,19-23,25-26H,14-17H2;3-8,10-15H,1-2H3;/q2*-1;/i;15D;. The van der Waals surface area contributed by atoms with Gasteiger partial charge in [0.05, 0.1) is 0 Å². The summed E-state index contributed by atoms with van der Waals surface area (Å²) in [5.41, 5.74) is 7.80. The molecule has 2 aromatic heterocycles. The predicted octanol–water partition coefficient (Wildman–Crippen LogP) is 15.4. The van der Waals surface area contributed by atoms with Crippen molar-refractivity contribution in [1.82, 2.24) is 9.97 Å². The van der Waals surface area contributed by atoms with Crippen LogP contribution in [0.5, 0.6) is 0 Å². The summed E-state index contributed by atoms with van der Waals surface area (Å²) in [6.07, 6.45) is 8.76. The molecule has 0 unspecified atom stereocenters. The fraction of sp³-hybridized carbons (Fsp3) is 0.158. The van der Waals surface area contributed by atoms with E-state index in [0.717, 1.165) is 28.1 Å². The van der Waals surface area contributed by atoms with Crippen LogP contribution in [-0.4, -0.2) is 9.97 Å². The first-order valence-corrected chi connectivity index (χ1v) is 20.9.